The van der Waals surface area contributed by atoms with Crippen LogP contribution in [0.1, 0.15) is 17.5 Å². The summed E-state index contributed by atoms with van der Waals surface area (Å²) < 4.78 is 4.80. The van der Waals surface area contributed by atoms with Gasteiger partial charge in [0.25, 0.3) is 0 Å². The van der Waals surface area contributed by atoms with Crippen molar-refractivity contribution >= 4 is 49.7 Å². The number of hydrogen-bond donors (Lipinski definition) is 0. The van der Waals surface area contributed by atoms with Gasteiger partial charge in [0.15, 0.2) is 0 Å². The third kappa shape index (κ3) is 3.45. The van der Waals surface area contributed by atoms with E-state index in [2.05, 4.69) is 155 Å². The molecule has 1 aliphatic rings. The highest BCUT2D eigenvalue weighted by molar-refractivity contribution is 6.11. The standard InChI is InChI=1S/C40H28N2/c1-2-10-29-25-32(23-19-27(29)9-1)42-39-16-8-5-13-35(39)36-26-30(20-24-40(36)42)28-17-21-31(22-18-28)41-37-14-6-3-11-33(37)34-12-4-7-15-38(34)41/h1,3-9,11-26H,2,10H2. The molecule has 0 saturated heterocycles. The van der Waals surface area contributed by atoms with Crippen LogP contribution in [0.4, 0.5) is 0 Å². The molecule has 1 aliphatic carbocycles. The fourth-order valence-electron chi connectivity index (χ4n) is 6.99. The summed E-state index contributed by atoms with van der Waals surface area (Å²) >= 11 is 0. The molecule has 0 amide bonds. The Bertz CT molecular complexity index is 2290. The lowest BCUT2D eigenvalue weighted by Gasteiger charge is -2.14. The summed E-state index contributed by atoms with van der Waals surface area (Å²) in [7, 11) is 0. The predicted octanol–water partition coefficient (Wildman–Crippen LogP) is 10.5. The second-order valence-corrected chi connectivity index (χ2v) is 11.3. The molecule has 2 nitrogen and oxygen atoms in total. The Morgan fingerprint density at radius 1 is 0.429 bits per heavy atom. The second kappa shape index (κ2) is 9.09. The van der Waals surface area contributed by atoms with Crippen molar-refractivity contribution in [3.8, 4) is 22.5 Å². The van der Waals surface area contributed by atoms with Crippen molar-refractivity contribution in [3.63, 3.8) is 0 Å². The number of allylic oxidation sites excluding steroid dienone is 1. The molecule has 6 aromatic carbocycles. The molecule has 0 saturated carbocycles. The monoisotopic (exact) mass is 536 g/mol. The topological polar surface area (TPSA) is 9.86 Å². The van der Waals surface area contributed by atoms with E-state index in [-0.39, 0.29) is 0 Å². The van der Waals surface area contributed by atoms with Gasteiger partial charge in [0.1, 0.15) is 0 Å². The zero-order valence-electron chi connectivity index (χ0n) is 23.2. The summed E-state index contributed by atoms with van der Waals surface area (Å²) in [5.74, 6) is 0. The van der Waals surface area contributed by atoms with Crippen molar-refractivity contribution in [2.75, 3.05) is 0 Å². The van der Waals surface area contributed by atoms with Crippen LogP contribution in [0.5, 0.6) is 0 Å². The normalized spacial score (nSPS) is 13.0. The van der Waals surface area contributed by atoms with Crippen LogP contribution in [-0.4, -0.2) is 9.13 Å². The minimum absolute atomic E-state index is 1.10. The molecule has 0 spiro atoms. The van der Waals surface area contributed by atoms with Gasteiger partial charge in [0, 0.05) is 32.9 Å². The van der Waals surface area contributed by atoms with E-state index in [0.717, 1.165) is 12.8 Å². The van der Waals surface area contributed by atoms with E-state index in [0.29, 0.717) is 0 Å². The van der Waals surface area contributed by atoms with Crippen molar-refractivity contribution in [1.29, 1.82) is 0 Å². The van der Waals surface area contributed by atoms with E-state index in [1.54, 1.807) is 0 Å². The van der Waals surface area contributed by atoms with Gasteiger partial charge in [-0.2, -0.15) is 0 Å². The van der Waals surface area contributed by atoms with Gasteiger partial charge in [-0.3, -0.25) is 0 Å². The maximum Gasteiger partial charge on any atom is 0.0541 e. The number of benzene rings is 6. The highest BCUT2D eigenvalue weighted by atomic mass is 15.0. The Morgan fingerprint density at radius 3 is 1.67 bits per heavy atom. The average molecular weight is 537 g/mol. The molecule has 0 aliphatic heterocycles. The highest BCUT2D eigenvalue weighted by Gasteiger charge is 2.16. The Kier molecular flexibility index (Phi) is 5.06. The average Bonchev–Trinajstić information content (AvgIpc) is 3.57. The molecule has 0 unspecified atom stereocenters. The number of aryl methyl sites for hydroxylation is 1. The Balaban J connectivity index is 1.17. The Labute approximate surface area is 244 Å². The van der Waals surface area contributed by atoms with Gasteiger partial charge < -0.3 is 9.13 Å². The highest BCUT2D eigenvalue weighted by Crippen LogP contribution is 2.37. The molecular weight excluding hydrogens is 508 g/mol. The number of nitrogens with zero attached hydrogens (tertiary/aromatic N) is 2. The van der Waals surface area contributed by atoms with Crippen LogP contribution in [0.15, 0.2) is 140 Å². The Hall–Kier alpha value is -5.34. The summed E-state index contributed by atoms with van der Waals surface area (Å²) in [5, 5.41) is 5.14. The smallest absolute Gasteiger partial charge is 0.0541 e. The van der Waals surface area contributed by atoms with E-state index in [9.17, 15) is 0 Å². The quantitative estimate of drug-likeness (QED) is 0.213. The van der Waals surface area contributed by atoms with E-state index in [1.807, 2.05) is 0 Å². The first kappa shape index (κ1) is 23.4. The summed E-state index contributed by atoms with van der Waals surface area (Å²) in [6.07, 6.45) is 6.75. The predicted molar refractivity (Wildman–Crippen MR) is 178 cm³/mol. The number of para-hydroxylation sites is 3. The molecule has 0 fully saturated rings. The lowest BCUT2D eigenvalue weighted by Crippen LogP contribution is -1.99. The summed E-state index contributed by atoms with van der Waals surface area (Å²) in [6.45, 7) is 0. The van der Waals surface area contributed by atoms with E-state index in [4.69, 9.17) is 0 Å². The maximum atomic E-state index is 2.43. The minimum Gasteiger partial charge on any atom is -0.309 e. The molecule has 0 bridgehead atoms. The molecule has 2 aromatic heterocycles. The molecule has 0 atom stereocenters. The van der Waals surface area contributed by atoms with Crippen LogP contribution >= 0.6 is 0 Å². The summed E-state index contributed by atoms with van der Waals surface area (Å²) in [6, 6.07) is 49.0. The first-order valence-corrected chi connectivity index (χ1v) is 14.8. The van der Waals surface area contributed by atoms with Crippen molar-refractivity contribution in [3.05, 3.63) is 151 Å². The molecule has 0 radical (unpaired) electrons. The first-order chi connectivity index (χ1) is 20.8. The molecule has 2 heteroatoms. The second-order valence-electron chi connectivity index (χ2n) is 11.3. The van der Waals surface area contributed by atoms with Crippen LogP contribution in [0, 0.1) is 0 Å². The third-order valence-corrected chi connectivity index (χ3v) is 8.97. The van der Waals surface area contributed by atoms with Gasteiger partial charge >= 0.3 is 0 Å². The van der Waals surface area contributed by atoms with E-state index < -0.39 is 0 Å². The van der Waals surface area contributed by atoms with Gasteiger partial charge in [0.2, 0.25) is 0 Å². The fraction of sp³-hybridized carbons (Fsp3) is 0.0500. The molecule has 9 rings (SSSR count). The van der Waals surface area contributed by atoms with Crippen LogP contribution in [0.2, 0.25) is 0 Å². The molecule has 8 aromatic rings. The summed E-state index contributed by atoms with van der Waals surface area (Å²) in [5.41, 5.74) is 12.6. The lowest BCUT2D eigenvalue weighted by atomic mass is 9.97. The molecule has 198 valence electrons. The zero-order valence-corrected chi connectivity index (χ0v) is 23.2. The number of aromatic nitrogens is 2. The van der Waals surface area contributed by atoms with Gasteiger partial charge in [-0.05, 0) is 89.7 Å². The maximum absolute atomic E-state index is 2.43. The number of fused-ring (bicyclic) bond motifs is 7. The third-order valence-electron chi connectivity index (χ3n) is 8.97. The molecule has 42 heavy (non-hydrogen) atoms. The van der Waals surface area contributed by atoms with E-state index in [1.165, 1.54) is 77.2 Å². The van der Waals surface area contributed by atoms with Gasteiger partial charge in [-0.15, -0.1) is 0 Å². The van der Waals surface area contributed by atoms with Gasteiger partial charge in [0.05, 0.1) is 22.1 Å². The van der Waals surface area contributed by atoms with Crippen LogP contribution in [-0.2, 0) is 6.42 Å². The van der Waals surface area contributed by atoms with Crippen molar-refractivity contribution in [2.24, 2.45) is 0 Å². The largest absolute Gasteiger partial charge is 0.309 e. The summed E-state index contributed by atoms with van der Waals surface area (Å²) in [4.78, 5) is 0. The number of hydrogen-bond acceptors (Lipinski definition) is 0. The fourth-order valence-corrected chi connectivity index (χ4v) is 6.99. The first-order valence-electron chi connectivity index (χ1n) is 14.8. The molecular formula is C40H28N2. The SMILES string of the molecule is C1=Cc2ccc(-n3c4ccccc4c4cc(-c5ccc(-n6c7ccccc7c7ccccc76)cc5)ccc43)cc2CC1. The Morgan fingerprint density at radius 2 is 0.976 bits per heavy atom. The van der Waals surface area contributed by atoms with Crippen LogP contribution in [0.3, 0.4) is 0 Å². The van der Waals surface area contributed by atoms with Crippen LogP contribution < -0.4 is 0 Å². The van der Waals surface area contributed by atoms with Gasteiger partial charge in [-0.25, -0.2) is 0 Å². The molecule has 0 N–H and O–H groups in total. The van der Waals surface area contributed by atoms with Gasteiger partial charge in [-0.1, -0.05) is 91.0 Å². The van der Waals surface area contributed by atoms with Crippen molar-refractivity contribution in [2.45, 2.75) is 12.8 Å². The van der Waals surface area contributed by atoms with Crippen molar-refractivity contribution in [1.82, 2.24) is 9.13 Å². The van der Waals surface area contributed by atoms with E-state index >= 15 is 0 Å². The number of rotatable bonds is 3. The minimum atomic E-state index is 1.10. The van der Waals surface area contributed by atoms with Crippen LogP contribution in [0.25, 0.3) is 72.2 Å². The lowest BCUT2D eigenvalue weighted by molar-refractivity contribution is 0.979. The zero-order chi connectivity index (χ0) is 27.6. The van der Waals surface area contributed by atoms with Crippen molar-refractivity contribution < 1.29 is 0 Å². The molecule has 2 heterocycles.